The number of aliphatic hydroxyl groups is 1. The second kappa shape index (κ2) is 10.2. The van der Waals surface area contributed by atoms with Crippen LogP contribution in [0.3, 0.4) is 0 Å². The third-order valence-electron chi connectivity index (χ3n) is 6.83. The summed E-state index contributed by atoms with van der Waals surface area (Å²) in [6.07, 6.45) is 4.46. The minimum atomic E-state index is -1.14. The zero-order valence-electron chi connectivity index (χ0n) is 19.1. The predicted molar refractivity (Wildman–Crippen MR) is 120 cm³/mol. The van der Waals surface area contributed by atoms with Crippen molar-refractivity contribution in [1.82, 2.24) is 15.4 Å². The van der Waals surface area contributed by atoms with Gasteiger partial charge in [0.1, 0.15) is 17.5 Å². The Morgan fingerprint density at radius 3 is 2.79 bits per heavy atom. The topological polar surface area (TPSA) is 133 Å². The lowest BCUT2D eigenvalue weighted by Gasteiger charge is -2.44. The lowest BCUT2D eigenvalue weighted by molar-refractivity contribution is -0.221. The number of carbonyl (C=O) groups is 2. The first-order valence-electron chi connectivity index (χ1n) is 11.8. The lowest BCUT2D eigenvalue weighted by Crippen LogP contribution is -2.60. The summed E-state index contributed by atoms with van der Waals surface area (Å²) in [7, 11) is 0. The number of hydrogen-bond donors (Lipinski definition) is 4. The summed E-state index contributed by atoms with van der Waals surface area (Å²) in [4.78, 5) is 34.3. The van der Waals surface area contributed by atoms with Crippen LogP contribution in [0.4, 0.5) is 10.6 Å². The van der Waals surface area contributed by atoms with Gasteiger partial charge in [-0.2, -0.15) is 0 Å². The number of nitrogens with one attached hydrogen (secondary N) is 2. The zero-order valence-corrected chi connectivity index (χ0v) is 19.1. The second-order valence-electron chi connectivity index (χ2n) is 9.59. The van der Waals surface area contributed by atoms with Gasteiger partial charge in [0.05, 0.1) is 0 Å². The van der Waals surface area contributed by atoms with Gasteiger partial charge in [-0.05, 0) is 69.4 Å². The summed E-state index contributed by atoms with van der Waals surface area (Å²) in [6.45, 7) is 3.49. The maximum atomic E-state index is 12.4. The van der Waals surface area contributed by atoms with Crippen molar-refractivity contribution in [3.8, 4) is 0 Å². The van der Waals surface area contributed by atoms with Gasteiger partial charge in [-0.1, -0.05) is 6.07 Å². The number of ether oxygens (including phenoxy) is 1. The first kappa shape index (κ1) is 23.7. The molecule has 10 nitrogen and oxygen atoms in total. The lowest BCUT2D eigenvalue weighted by atomic mass is 9.76. The molecule has 1 aromatic heterocycles. The van der Waals surface area contributed by atoms with Gasteiger partial charge in [-0.25, -0.2) is 9.78 Å². The van der Waals surface area contributed by atoms with Crippen LogP contribution in [0, 0.1) is 5.92 Å². The van der Waals surface area contributed by atoms with Crippen LogP contribution in [0.15, 0.2) is 12.1 Å². The van der Waals surface area contributed by atoms with E-state index < -0.39 is 23.8 Å². The summed E-state index contributed by atoms with van der Waals surface area (Å²) in [6, 6.07) is 2.90. The fourth-order valence-electron chi connectivity index (χ4n) is 4.73. The number of aliphatic carboxylic acids is 1. The van der Waals surface area contributed by atoms with Gasteiger partial charge >= 0.3 is 12.1 Å². The molecule has 33 heavy (non-hydrogen) atoms. The molecule has 0 spiro atoms. The molecule has 4 rings (SSSR count). The van der Waals surface area contributed by atoms with Gasteiger partial charge in [0.2, 0.25) is 0 Å². The fraction of sp³-hybridized carbons (Fsp3) is 0.696. The smallest absolute Gasteiger partial charge is 0.480 e. The van der Waals surface area contributed by atoms with Crippen molar-refractivity contribution in [3.05, 3.63) is 23.4 Å². The monoisotopic (exact) mass is 462 g/mol. The van der Waals surface area contributed by atoms with Crippen LogP contribution in [0.1, 0.15) is 50.3 Å². The van der Waals surface area contributed by atoms with Crippen molar-refractivity contribution in [2.75, 3.05) is 31.6 Å². The van der Waals surface area contributed by atoms with E-state index in [1.54, 1.807) is 6.92 Å². The quantitative estimate of drug-likeness (QED) is 0.301. The van der Waals surface area contributed by atoms with Crippen LogP contribution >= 0.6 is 0 Å². The number of nitrogens with zero attached hydrogens (tertiary/aromatic N) is 2. The van der Waals surface area contributed by atoms with E-state index in [-0.39, 0.29) is 19.1 Å². The Hall–Kier alpha value is -2.43. The second-order valence-corrected chi connectivity index (χ2v) is 9.59. The van der Waals surface area contributed by atoms with Crippen molar-refractivity contribution in [2.24, 2.45) is 5.92 Å². The summed E-state index contributed by atoms with van der Waals surface area (Å²) >= 11 is 0. The van der Waals surface area contributed by atoms with E-state index in [9.17, 15) is 19.8 Å². The molecule has 0 amide bonds. The normalized spacial score (nSPS) is 24.0. The van der Waals surface area contributed by atoms with Crippen LogP contribution in [0.2, 0.25) is 0 Å². The highest BCUT2D eigenvalue weighted by atomic mass is 16.8. The van der Waals surface area contributed by atoms with Gasteiger partial charge in [0.15, 0.2) is 0 Å². The first-order valence-corrected chi connectivity index (χ1v) is 11.8. The number of carbonyl (C=O) groups excluding carboxylic acids is 1. The number of hydroxylamine groups is 2. The average molecular weight is 463 g/mol. The maximum absolute atomic E-state index is 12.4. The van der Waals surface area contributed by atoms with Crippen LogP contribution in [-0.4, -0.2) is 76.3 Å². The molecule has 10 heteroatoms. The van der Waals surface area contributed by atoms with Crippen molar-refractivity contribution in [2.45, 2.75) is 69.6 Å². The highest BCUT2D eigenvalue weighted by molar-refractivity contribution is 5.73. The van der Waals surface area contributed by atoms with Crippen molar-refractivity contribution >= 4 is 17.9 Å². The number of hydrogen-bond acceptors (Lipinski definition) is 9. The number of rotatable bonds is 10. The summed E-state index contributed by atoms with van der Waals surface area (Å²) in [5, 5.41) is 26.6. The van der Waals surface area contributed by atoms with E-state index >= 15 is 0 Å². The number of anilines is 1. The number of aryl methyl sites for hydroxylation is 2. The summed E-state index contributed by atoms with van der Waals surface area (Å²) in [5.41, 5.74) is 1.68. The minimum absolute atomic E-state index is 0.0331. The molecule has 1 aliphatic carbocycles. The third kappa shape index (κ3) is 5.74. The Morgan fingerprint density at radius 2 is 2.12 bits per heavy atom. The van der Waals surface area contributed by atoms with Crippen LogP contribution < -0.4 is 10.6 Å². The predicted octanol–water partition coefficient (Wildman–Crippen LogP) is 1.72. The average Bonchev–Trinajstić information content (AvgIpc) is 2.74. The summed E-state index contributed by atoms with van der Waals surface area (Å²) < 4.78 is 5.37. The Labute approximate surface area is 193 Å². The van der Waals surface area contributed by atoms with Gasteiger partial charge in [-0.3, -0.25) is 4.79 Å². The van der Waals surface area contributed by atoms with Crippen molar-refractivity contribution in [3.63, 3.8) is 0 Å². The standard InChI is InChI=1S/C23H34N4O6/c1-23(13-24-14-23)32-22(31)33-27(19(8-10-28)21(29)30)18-11-15(12-18)4-6-17-7-5-16-3-2-9-25-20(16)26-17/h5,7,15,18-19,24,28H,2-4,6,8-14H2,1H3,(H,25,26)(H,29,30)/t15?,18?,19-/m0/s1. The van der Waals surface area contributed by atoms with E-state index in [4.69, 9.17) is 14.6 Å². The molecular weight excluding hydrogens is 428 g/mol. The number of pyridine rings is 1. The molecule has 2 aliphatic heterocycles. The SMILES string of the molecule is CC1(OC(=O)ON(C2CC(CCc3ccc4c(n3)NCCC4)C2)[C@@H](CCO)C(=O)O)CNC1. The van der Waals surface area contributed by atoms with Gasteiger partial charge in [-0.15, -0.1) is 5.06 Å². The first-order chi connectivity index (χ1) is 15.9. The molecule has 1 saturated heterocycles. The molecule has 0 aromatic carbocycles. The minimum Gasteiger partial charge on any atom is -0.480 e. The Bertz CT molecular complexity index is 855. The molecule has 1 saturated carbocycles. The molecule has 3 heterocycles. The molecular formula is C23H34N4O6. The molecule has 1 aromatic rings. The van der Waals surface area contributed by atoms with E-state index in [1.165, 1.54) is 10.6 Å². The van der Waals surface area contributed by atoms with Crippen molar-refractivity contribution < 1.29 is 29.4 Å². The number of carboxylic acid groups (broad SMARTS) is 1. The third-order valence-corrected chi connectivity index (χ3v) is 6.83. The van der Waals surface area contributed by atoms with Gasteiger partial charge < -0.3 is 30.4 Å². The molecule has 3 aliphatic rings. The van der Waals surface area contributed by atoms with Crippen LogP contribution in [-0.2, 0) is 27.2 Å². The fourth-order valence-corrected chi connectivity index (χ4v) is 4.73. The van der Waals surface area contributed by atoms with E-state index in [0.29, 0.717) is 31.8 Å². The van der Waals surface area contributed by atoms with Gasteiger partial charge in [0, 0.05) is 38.0 Å². The zero-order chi connectivity index (χ0) is 23.4. The number of carboxylic acids is 1. The number of fused-ring (bicyclic) bond motifs is 1. The van der Waals surface area contributed by atoms with Crippen LogP contribution in [0.25, 0.3) is 0 Å². The largest absolute Gasteiger partial charge is 0.528 e. The highest BCUT2D eigenvalue weighted by Crippen LogP contribution is 2.37. The molecule has 4 N–H and O–H groups in total. The maximum Gasteiger partial charge on any atom is 0.528 e. The Kier molecular flexibility index (Phi) is 7.35. The van der Waals surface area contributed by atoms with E-state index in [1.807, 2.05) is 0 Å². The molecule has 0 bridgehead atoms. The molecule has 0 unspecified atom stereocenters. The Balaban J connectivity index is 1.32. The van der Waals surface area contributed by atoms with E-state index in [2.05, 4.69) is 22.8 Å². The highest BCUT2D eigenvalue weighted by Gasteiger charge is 2.43. The number of aromatic nitrogens is 1. The molecule has 1 atom stereocenters. The van der Waals surface area contributed by atoms with Crippen molar-refractivity contribution in [1.29, 1.82) is 0 Å². The summed E-state index contributed by atoms with van der Waals surface area (Å²) in [5.74, 6) is 0.245. The molecule has 2 fully saturated rings. The van der Waals surface area contributed by atoms with E-state index in [0.717, 1.165) is 43.7 Å². The Morgan fingerprint density at radius 1 is 1.33 bits per heavy atom. The number of aliphatic hydroxyl groups excluding tert-OH is 1. The molecule has 182 valence electrons. The van der Waals surface area contributed by atoms with Crippen LogP contribution in [0.5, 0.6) is 0 Å². The van der Waals surface area contributed by atoms with Gasteiger partial charge in [0.25, 0.3) is 0 Å². The molecule has 0 radical (unpaired) electrons.